The van der Waals surface area contributed by atoms with Gasteiger partial charge in [-0.2, -0.15) is 0 Å². The molecule has 1 heterocycles. The molecule has 2 N–H and O–H groups in total. The normalized spacial score (nSPS) is 17.0. The highest BCUT2D eigenvalue weighted by atomic mass is 127. The third kappa shape index (κ3) is 5.30. The summed E-state index contributed by atoms with van der Waals surface area (Å²) in [5.74, 6) is -0.292. The minimum absolute atomic E-state index is 0. The van der Waals surface area contributed by atoms with E-state index >= 15 is 0 Å². The minimum atomic E-state index is -0.449. The van der Waals surface area contributed by atoms with Crippen LogP contribution >= 0.6 is 24.0 Å². The minimum Gasteiger partial charge on any atom is -0.369 e. The van der Waals surface area contributed by atoms with Crippen molar-refractivity contribution in [3.05, 3.63) is 65.7 Å². The number of rotatable bonds is 4. The van der Waals surface area contributed by atoms with Gasteiger partial charge in [0.25, 0.3) is 0 Å². The van der Waals surface area contributed by atoms with Gasteiger partial charge in [0.05, 0.1) is 0 Å². The lowest BCUT2D eigenvalue weighted by Crippen LogP contribution is -2.44. The molecule has 0 saturated carbocycles. The first-order chi connectivity index (χ1) is 12.2. The Morgan fingerprint density at radius 1 is 1.19 bits per heavy atom. The van der Waals surface area contributed by atoms with E-state index in [1.54, 1.807) is 7.05 Å². The van der Waals surface area contributed by atoms with Crippen molar-refractivity contribution in [1.29, 1.82) is 0 Å². The number of guanidine groups is 1. The number of nitrogens with zero attached hydrogens (tertiary/aromatic N) is 2. The van der Waals surface area contributed by atoms with E-state index in [4.69, 9.17) is 0 Å². The fourth-order valence-electron chi connectivity index (χ4n) is 3.00. The van der Waals surface area contributed by atoms with Crippen LogP contribution in [0, 0.1) is 11.6 Å². The van der Waals surface area contributed by atoms with Crippen LogP contribution in [0.2, 0.25) is 0 Å². The second kappa shape index (κ2) is 9.70. The topological polar surface area (TPSA) is 39.7 Å². The number of halogens is 3. The van der Waals surface area contributed by atoms with Gasteiger partial charge in [-0.25, -0.2) is 8.78 Å². The molecule has 0 amide bonds. The maximum absolute atomic E-state index is 13.7. The largest absolute Gasteiger partial charge is 0.369 e. The van der Waals surface area contributed by atoms with Crippen molar-refractivity contribution in [3.63, 3.8) is 0 Å². The van der Waals surface area contributed by atoms with Gasteiger partial charge in [-0.3, -0.25) is 4.99 Å². The summed E-state index contributed by atoms with van der Waals surface area (Å²) in [6, 6.07) is 14.0. The molecule has 2 aromatic carbocycles. The van der Waals surface area contributed by atoms with E-state index in [1.165, 1.54) is 11.8 Å². The lowest BCUT2D eigenvalue weighted by atomic mass is 10.2. The van der Waals surface area contributed by atoms with E-state index in [0.29, 0.717) is 5.96 Å². The van der Waals surface area contributed by atoms with Gasteiger partial charge >= 0.3 is 0 Å². The molecule has 0 spiro atoms. The van der Waals surface area contributed by atoms with Crippen LogP contribution < -0.4 is 15.5 Å². The number of nitrogens with one attached hydrogen (secondary N) is 2. The summed E-state index contributed by atoms with van der Waals surface area (Å²) in [5.41, 5.74) is 1.48. The van der Waals surface area contributed by atoms with Crippen LogP contribution in [0.4, 0.5) is 14.5 Å². The van der Waals surface area contributed by atoms with E-state index in [9.17, 15) is 8.78 Å². The Kier molecular flexibility index (Phi) is 7.62. The van der Waals surface area contributed by atoms with Gasteiger partial charge in [0.15, 0.2) is 5.96 Å². The first-order valence-corrected chi connectivity index (χ1v) is 8.37. The zero-order valence-corrected chi connectivity index (χ0v) is 16.9. The van der Waals surface area contributed by atoms with Crippen molar-refractivity contribution in [3.8, 4) is 0 Å². The lowest BCUT2D eigenvalue weighted by Gasteiger charge is -2.20. The van der Waals surface area contributed by atoms with Crippen LogP contribution in [0.5, 0.6) is 0 Å². The summed E-state index contributed by atoms with van der Waals surface area (Å²) in [7, 11) is 1.67. The van der Waals surface area contributed by atoms with E-state index < -0.39 is 11.6 Å². The monoisotopic (exact) mass is 472 g/mol. The van der Waals surface area contributed by atoms with Crippen LogP contribution in [0.25, 0.3) is 0 Å². The van der Waals surface area contributed by atoms with Crippen molar-refractivity contribution in [2.45, 2.75) is 19.0 Å². The molecule has 1 unspecified atom stereocenters. The van der Waals surface area contributed by atoms with Gasteiger partial charge < -0.3 is 15.5 Å². The predicted octanol–water partition coefficient (Wildman–Crippen LogP) is 3.53. The Balaban J connectivity index is 0.00000243. The summed E-state index contributed by atoms with van der Waals surface area (Å²) < 4.78 is 26.9. The molecule has 1 fully saturated rings. The summed E-state index contributed by atoms with van der Waals surface area (Å²) in [6.07, 6.45) is 0.990. The van der Waals surface area contributed by atoms with Gasteiger partial charge in [0.1, 0.15) is 11.6 Å². The quantitative estimate of drug-likeness (QED) is 0.407. The molecular formula is C19H23F2IN4. The van der Waals surface area contributed by atoms with Crippen LogP contribution in [-0.4, -0.2) is 32.1 Å². The molecule has 140 valence electrons. The van der Waals surface area contributed by atoms with E-state index in [2.05, 4.69) is 32.7 Å². The zero-order valence-electron chi connectivity index (χ0n) is 14.6. The van der Waals surface area contributed by atoms with Crippen molar-refractivity contribution >= 4 is 35.6 Å². The number of hydrogen-bond donors (Lipinski definition) is 2. The molecule has 0 radical (unpaired) electrons. The molecule has 1 aliphatic heterocycles. The highest BCUT2D eigenvalue weighted by Gasteiger charge is 2.23. The summed E-state index contributed by atoms with van der Waals surface area (Å²) in [4.78, 5) is 6.49. The summed E-state index contributed by atoms with van der Waals surface area (Å²) >= 11 is 0. The highest BCUT2D eigenvalue weighted by molar-refractivity contribution is 14.0. The molecule has 1 saturated heterocycles. The van der Waals surface area contributed by atoms with E-state index in [0.717, 1.165) is 31.6 Å². The molecule has 1 aliphatic rings. The Bertz CT molecular complexity index is 740. The second-order valence-electron chi connectivity index (χ2n) is 6.07. The maximum atomic E-state index is 13.7. The Morgan fingerprint density at radius 2 is 1.96 bits per heavy atom. The molecular weight excluding hydrogens is 449 g/mol. The fraction of sp³-hybridized carbons (Fsp3) is 0.316. The smallest absolute Gasteiger partial charge is 0.191 e. The summed E-state index contributed by atoms with van der Waals surface area (Å²) in [5, 5.41) is 6.40. The van der Waals surface area contributed by atoms with E-state index in [1.807, 2.05) is 18.2 Å². The zero-order chi connectivity index (χ0) is 17.6. The van der Waals surface area contributed by atoms with E-state index in [-0.39, 0.29) is 42.1 Å². The lowest BCUT2D eigenvalue weighted by molar-refractivity contribution is 0.579. The van der Waals surface area contributed by atoms with Crippen LogP contribution in [-0.2, 0) is 6.54 Å². The third-order valence-electron chi connectivity index (χ3n) is 4.33. The number of anilines is 1. The Morgan fingerprint density at radius 3 is 2.69 bits per heavy atom. The SMILES string of the molecule is CN=C(NCc1cc(F)ccc1F)NC1CCN(c2ccccc2)C1.I. The molecule has 0 aliphatic carbocycles. The standard InChI is InChI=1S/C19H22F2N4.HI/c1-22-19(23-12-14-11-15(20)7-8-18(14)21)24-16-9-10-25(13-16)17-5-3-2-4-6-17;/h2-8,11,16H,9-10,12-13H2,1H3,(H2,22,23,24);1H. The van der Waals surface area contributed by atoms with Gasteiger partial charge in [-0.15, -0.1) is 24.0 Å². The Labute approximate surface area is 169 Å². The average molecular weight is 472 g/mol. The first kappa shape index (κ1) is 20.4. The molecule has 0 bridgehead atoms. The molecule has 4 nitrogen and oxygen atoms in total. The molecule has 3 rings (SSSR count). The first-order valence-electron chi connectivity index (χ1n) is 8.37. The van der Waals surface area contributed by atoms with Crippen molar-refractivity contribution in [1.82, 2.24) is 10.6 Å². The van der Waals surface area contributed by atoms with Gasteiger partial charge in [-0.05, 0) is 36.8 Å². The predicted molar refractivity (Wildman–Crippen MR) is 112 cm³/mol. The maximum Gasteiger partial charge on any atom is 0.191 e. The number of para-hydroxylation sites is 1. The molecule has 1 atom stereocenters. The third-order valence-corrected chi connectivity index (χ3v) is 4.33. The van der Waals surface area contributed by atoms with Crippen molar-refractivity contribution in [2.75, 3.05) is 25.0 Å². The number of benzene rings is 2. The average Bonchev–Trinajstić information content (AvgIpc) is 3.10. The molecule has 2 aromatic rings. The molecule has 7 heteroatoms. The van der Waals surface area contributed by atoms with Crippen molar-refractivity contribution in [2.24, 2.45) is 4.99 Å². The number of aliphatic imine (C=N–C) groups is 1. The van der Waals surface area contributed by atoms with Gasteiger partial charge in [0.2, 0.25) is 0 Å². The van der Waals surface area contributed by atoms with Gasteiger partial charge in [-0.1, -0.05) is 18.2 Å². The van der Waals surface area contributed by atoms with Crippen LogP contribution in [0.3, 0.4) is 0 Å². The second-order valence-corrected chi connectivity index (χ2v) is 6.07. The van der Waals surface area contributed by atoms with Crippen LogP contribution in [0.15, 0.2) is 53.5 Å². The Hall–Kier alpha value is -1.90. The molecule has 0 aromatic heterocycles. The highest BCUT2D eigenvalue weighted by Crippen LogP contribution is 2.19. The fourth-order valence-corrected chi connectivity index (χ4v) is 3.00. The molecule has 26 heavy (non-hydrogen) atoms. The summed E-state index contributed by atoms with van der Waals surface area (Å²) in [6.45, 7) is 2.02. The van der Waals surface area contributed by atoms with Crippen LogP contribution in [0.1, 0.15) is 12.0 Å². The van der Waals surface area contributed by atoms with Gasteiger partial charge in [0, 0.05) is 44.0 Å². The number of hydrogen-bond acceptors (Lipinski definition) is 2. The van der Waals surface area contributed by atoms with Crippen molar-refractivity contribution < 1.29 is 8.78 Å².